The fourth-order valence-corrected chi connectivity index (χ4v) is 6.43. The highest BCUT2D eigenvalue weighted by Crippen LogP contribution is 2.59. The summed E-state index contributed by atoms with van der Waals surface area (Å²) in [5.74, 6) is -0.920. The van der Waals surface area contributed by atoms with Gasteiger partial charge < -0.3 is 9.50 Å². The predicted octanol–water partition coefficient (Wildman–Crippen LogP) is 6.02. The molecule has 1 N–H and O–H groups in total. The van der Waals surface area contributed by atoms with Crippen LogP contribution in [0, 0.1) is 11.3 Å². The van der Waals surface area contributed by atoms with Crippen molar-refractivity contribution < 1.29 is 30.6 Å². The third-order valence-electron chi connectivity index (χ3n) is 7.06. The molecule has 2 fully saturated rings. The first-order valence-electron chi connectivity index (χ1n) is 10.6. The van der Waals surface area contributed by atoms with Crippen molar-refractivity contribution in [3.63, 3.8) is 0 Å². The van der Waals surface area contributed by atoms with E-state index in [1.807, 2.05) is 26.0 Å². The molecule has 0 bridgehead atoms. The van der Waals surface area contributed by atoms with E-state index in [-0.39, 0.29) is 34.7 Å². The van der Waals surface area contributed by atoms with E-state index in [1.54, 1.807) is 12.1 Å². The summed E-state index contributed by atoms with van der Waals surface area (Å²) in [5, 5.41) is 3.71. The van der Waals surface area contributed by atoms with Gasteiger partial charge in [-0.15, -0.1) is 0 Å². The molecule has 1 aliphatic carbocycles. The van der Waals surface area contributed by atoms with Gasteiger partial charge in [-0.1, -0.05) is 48.3 Å². The standard InChI is InChI=1S/C23H22Cl2F3NO4S/c1-12-20-19(13-3-5-14(24)6-4-13)17(9-10-22(20,2)21(30)29-12)16-8-7-15(11-18(16)25)33-34(31,32)23(26,27)28/h3-8,11-12,17,19-20H,9-10H2,1-2H3,(H,29,30). The van der Waals surface area contributed by atoms with Gasteiger partial charge in [0.1, 0.15) is 5.75 Å². The Morgan fingerprint density at radius 1 is 1.12 bits per heavy atom. The number of alkyl halides is 3. The fraction of sp³-hybridized carbons (Fsp3) is 0.435. The van der Waals surface area contributed by atoms with Crippen LogP contribution < -0.4 is 9.50 Å². The molecule has 4 rings (SSSR count). The molecule has 2 aliphatic rings. The normalized spacial score (nSPS) is 29.4. The van der Waals surface area contributed by atoms with Crippen LogP contribution >= 0.6 is 23.2 Å². The van der Waals surface area contributed by atoms with Crippen molar-refractivity contribution in [2.24, 2.45) is 11.3 Å². The van der Waals surface area contributed by atoms with Crippen LogP contribution in [0.4, 0.5) is 13.2 Å². The van der Waals surface area contributed by atoms with E-state index in [1.165, 1.54) is 12.1 Å². The molecule has 184 valence electrons. The maximum Gasteiger partial charge on any atom is 0.534 e. The van der Waals surface area contributed by atoms with Crippen LogP contribution in [0.15, 0.2) is 42.5 Å². The molecule has 1 aliphatic heterocycles. The molecule has 5 unspecified atom stereocenters. The lowest BCUT2D eigenvalue weighted by atomic mass is 9.56. The highest BCUT2D eigenvalue weighted by Gasteiger charge is 2.58. The average molecular weight is 536 g/mol. The molecule has 1 saturated heterocycles. The molecule has 1 heterocycles. The van der Waals surface area contributed by atoms with Crippen molar-refractivity contribution >= 4 is 39.2 Å². The molecular weight excluding hydrogens is 514 g/mol. The SMILES string of the molecule is CC1NC(=O)C2(C)CCC(c3ccc(OS(=O)(=O)C(F)(F)F)cc3Cl)C(c3ccc(Cl)cc3)C12. The van der Waals surface area contributed by atoms with E-state index in [4.69, 9.17) is 23.2 Å². The first kappa shape index (κ1) is 25.1. The van der Waals surface area contributed by atoms with E-state index in [9.17, 15) is 26.4 Å². The number of hydrogen-bond donors (Lipinski definition) is 1. The highest BCUT2D eigenvalue weighted by atomic mass is 35.5. The number of halogens is 5. The zero-order valence-corrected chi connectivity index (χ0v) is 20.5. The molecule has 34 heavy (non-hydrogen) atoms. The summed E-state index contributed by atoms with van der Waals surface area (Å²) >= 11 is 12.6. The van der Waals surface area contributed by atoms with Crippen LogP contribution in [0.25, 0.3) is 0 Å². The summed E-state index contributed by atoms with van der Waals surface area (Å²) in [5.41, 5.74) is -4.53. The largest absolute Gasteiger partial charge is 0.534 e. The van der Waals surface area contributed by atoms with Gasteiger partial charge >= 0.3 is 15.6 Å². The minimum Gasteiger partial charge on any atom is -0.376 e. The number of nitrogens with one attached hydrogen (secondary N) is 1. The molecule has 2 aromatic carbocycles. The Balaban J connectivity index is 1.75. The van der Waals surface area contributed by atoms with Gasteiger partial charge in [0, 0.05) is 28.1 Å². The summed E-state index contributed by atoms with van der Waals surface area (Å²) in [6.45, 7) is 3.91. The fourth-order valence-electron chi connectivity index (χ4n) is 5.55. The molecule has 0 spiro atoms. The summed E-state index contributed by atoms with van der Waals surface area (Å²) in [7, 11) is -5.81. The van der Waals surface area contributed by atoms with E-state index in [0.717, 1.165) is 11.6 Å². The zero-order chi connectivity index (χ0) is 25.1. The quantitative estimate of drug-likeness (QED) is 0.383. The molecule has 5 nitrogen and oxygen atoms in total. The molecule has 2 aromatic rings. The third-order valence-corrected chi connectivity index (χ3v) is 8.62. The highest BCUT2D eigenvalue weighted by molar-refractivity contribution is 7.88. The maximum absolute atomic E-state index is 12.8. The topological polar surface area (TPSA) is 72.5 Å². The lowest BCUT2D eigenvalue weighted by molar-refractivity contribution is -0.129. The van der Waals surface area contributed by atoms with Gasteiger partial charge in [0.15, 0.2) is 0 Å². The second-order valence-electron chi connectivity index (χ2n) is 9.09. The Morgan fingerprint density at radius 3 is 2.35 bits per heavy atom. The molecule has 11 heteroatoms. The van der Waals surface area contributed by atoms with Gasteiger partial charge in [0.25, 0.3) is 0 Å². The van der Waals surface area contributed by atoms with Crippen LogP contribution in [0.1, 0.15) is 49.7 Å². The zero-order valence-electron chi connectivity index (χ0n) is 18.2. The number of rotatable bonds is 4. The lowest BCUT2D eigenvalue weighted by Gasteiger charge is -2.46. The van der Waals surface area contributed by atoms with Gasteiger partial charge in [-0.3, -0.25) is 4.79 Å². The Kier molecular flexibility index (Phi) is 6.36. The van der Waals surface area contributed by atoms with Crippen LogP contribution in [0.2, 0.25) is 10.0 Å². The first-order chi connectivity index (χ1) is 15.7. The van der Waals surface area contributed by atoms with Crippen molar-refractivity contribution in [3.8, 4) is 5.75 Å². The molecule has 0 aromatic heterocycles. The van der Waals surface area contributed by atoms with Crippen LogP contribution in [-0.4, -0.2) is 25.9 Å². The summed E-state index contributed by atoms with van der Waals surface area (Å²) < 4.78 is 65.1. The Bertz CT molecular complexity index is 1220. The number of amides is 1. The Labute approximate surface area is 205 Å². The average Bonchev–Trinajstić information content (AvgIpc) is 2.96. The van der Waals surface area contributed by atoms with Crippen molar-refractivity contribution in [1.82, 2.24) is 5.32 Å². The first-order valence-corrected chi connectivity index (χ1v) is 12.8. The van der Waals surface area contributed by atoms with Crippen molar-refractivity contribution in [1.29, 1.82) is 0 Å². The smallest absolute Gasteiger partial charge is 0.376 e. The molecule has 0 radical (unpaired) electrons. The van der Waals surface area contributed by atoms with Gasteiger partial charge in [-0.2, -0.15) is 21.6 Å². The Morgan fingerprint density at radius 2 is 1.76 bits per heavy atom. The molecule has 5 atom stereocenters. The monoisotopic (exact) mass is 535 g/mol. The van der Waals surface area contributed by atoms with Crippen LogP contribution in [0.3, 0.4) is 0 Å². The molecular formula is C23H22Cl2F3NO4S. The number of carbonyl (C=O) groups is 1. The van der Waals surface area contributed by atoms with Gasteiger partial charge in [0.2, 0.25) is 5.91 Å². The third kappa shape index (κ3) is 4.27. The summed E-state index contributed by atoms with van der Waals surface area (Å²) in [6, 6.07) is 11.0. The minimum absolute atomic E-state index is 0.00499. The molecule has 1 amide bonds. The Hall–Kier alpha value is -1.97. The molecule has 1 saturated carbocycles. The predicted molar refractivity (Wildman–Crippen MR) is 122 cm³/mol. The van der Waals surface area contributed by atoms with E-state index < -0.39 is 26.8 Å². The van der Waals surface area contributed by atoms with E-state index >= 15 is 0 Å². The van der Waals surface area contributed by atoms with Crippen LogP contribution in [-0.2, 0) is 14.9 Å². The van der Waals surface area contributed by atoms with Gasteiger partial charge in [-0.25, -0.2) is 0 Å². The number of carbonyl (C=O) groups excluding carboxylic acids is 1. The lowest BCUT2D eigenvalue weighted by Crippen LogP contribution is -2.42. The summed E-state index contributed by atoms with van der Waals surface area (Å²) in [6.07, 6.45) is 1.20. The van der Waals surface area contributed by atoms with Gasteiger partial charge in [0.05, 0.1) is 5.41 Å². The summed E-state index contributed by atoms with van der Waals surface area (Å²) in [4.78, 5) is 12.8. The van der Waals surface area contributed by atoms with E-state index in [2.05, 4.69) is 9.50 Å². The minimum atomic E-state index is -5.81. The second-order valence-corrected chi connectivity index (χ2v) is 11.5. The van der Waals surface area contributed by atoms with Crippen molar-refractivity contribution in [2.45, 2.75) is 50.1 Å². The second kappa shape index (κ2) is 8.60. The number of fused-ring (bicyclic) bond motifs is 1. The van der Waals surface area contributed by atoms with Crippen LogP contribution in [0.5, 0.6) is 5.75 Å². The van der Waals surface area contributed by atoms with Crippen molar-refractivity contribution in [2.75, 3.05) is 0 Å². The number of benzene rings is 2. The van der Waals surface area contributed by atoms with Crippen molar-refractivity contribution in [3.05, 3.63) is 63.6 Å². The maximum atomic E-state index is 12.8. The van der Waals surface area contributed by atoms with Gasteiger partial charge in [-0.05, 0) is 60.9 Å². The van der Waals surface area contributed by atoms with E-state index in [0.29, 0.717) is 23.4 Å². The number of hydrogen-bond acceptors (Lipinski definition) is 4.